The summed E-state index contributed by atoms with van der Waals surface area (Å²) in [4.78, 5) is 9.34. The van der Waals surface area contributed by atoms with Gasteiger partial charge in [-0.2, -0.15) is 8.78 Å². The van der Waals surface area contributed by atoms with Gasteiger partial charge in [-0.15, -0.1) is 0 Å². The van der Waals surface area contributed by atoms with Crippen molar-refractivity contribution < 1.29 is 31.1 Å². The van der Waals surface area contributed by atoms with Crippen molar-refractivity contribution in [3.63, 3.8) is 0 Å². The third-order valence-electron chi connectivity index (χ3n) is 5.17. The summed E-state index contributed by atoms with van der Waals surface area (Å²) < 4.78 is 86.8. The van der Waals surface area contributed by atoms with E-state index in [9.17, 15) is 26.3 Å². The molecule has 2 aliphatic heterocycles. The van der Waals surface area contributed by atoms with Crippen LogP contribution in [-0.2, 0) is 16.2 Å². The van der Waals surface area contributed by atoms with Gasteiger partial charge in [-0.1, -0.05) is 11.6 Å². The first-order valence-electron chi connectivity index (χ1n) is 8.60. The van der Waals surface area contributed by atoms with Gasteiger partial charge >= 0.3 is 6.61 Å². The lowest BCUT2D eigenvalue weighted by Crippen LogP contribution is -2.40. The smallest absolute Gasteiger partial charge is 0.387 e. The lowest BCUT2D eigenvalue weighted by molar-refractivity contribution is -0.0910. The standard InChI is InChI=1S/C18H14ClF6N3O/c1-16(22,23)9-6-11(29-15(20)21)14-27-17(8-28(14)7-9)3-4-18(24,25)12-10(17)2-5-26-13(12)19/h2,5-7,15H,3-4,8H2,1H3/t17-/m1/s1. The van der Waals surface area contributed by atoms with Crippen LogP contribution in [0.4, 0.5) is 26.3 Å². The monoisotopic (exact) mass is 437 g/mol. The maximum absolute atomic E-state index is 14.5. The maximum atomic E-state index is 14.5. The van der Waals surface area contributed by atoms with Crippen molar-refractivity contribution in [2.45, 2.75) is 43.8 Å². The Morgan fingerprint density at radius 2 is 2.00 bits per heavy atom. The second-order valence-electron chi connectivity index (χ2n) is 7.18. The van der Waals surface area contributed by atoms with Crippen molar-refractivity contribution in [2.24, 2.45) is 4.99 Å². The number of rotatable bonds is 3. The molecule has 0 unspecified atom stereocenters. The van der Waals surface area contributed by atoms with Gasteiger partial charge in [0, 0.05) is 31.3 Å². The Labute approximate surface area is 166 Å². The first-order chi connectivity index (χ1) is 13.4. The molecule has 29 heavy (non-hydrogen) atoms. The summed E-state index contributed by atoms with van der Waals surface area (Å²) in [6, 6.07) is 1.34. The highest BCUT2D eigenvalue weighted by molar-refractivity contribution is 6.30. The van der Waals surface area contributed by atoms with E-state index < -0.39 is 47.3 Å². The largest absolute Gasteiger partial charge is 0.431 e. The number of hydrogen-bond donors (Lipinski definition) is 0. The molecule has 1 aromatic rings. The van der Waals surface area contributed by atoms with E-state index in [-0.39, 0.29) is 29.5 Å². The third-order valence-corrected chi connectivity index (χ3v) is 5.46. The molecular weight excluding hydrogens is 424 g/mol. The highest BCUT2D eigenvalue weighted by atomic mass is 35.5. The van der Waals surface area contributed by atoms with Crippen LogP contribution in [-0.4, -0.2) is 34.8 Å². The summed E-state index contributed by atoms with van der Waals surface area (Å²) in [6.07, 6.45) is 2.36. The number of alkyl halides is 6. The topological polar surface area (TPSA) is 37.7 Å². The van der Waals surface area contributed by atoms with Crippen molar-refractivity contribution in [3.05, 3.63) is 52.2 Å². The van der Waals surface area contributed by atoms with Gasteiger partial charge in [0.25, 0.3) is 11.8 Å². The Kier molecular flexibility index (Phi) is 4.42. The highest BCUT2D eigenvalue weighted by Crippen LogP contribution is 2.53. The number of amidine groups is 1. The predicted octanol–water partition coefficient (Wildman–Crippen LogP) is 5.21. The maximum Gasteiger partial charge on any atom is 0.387 e. The Morgan fingerprint density at radius 3 is 2.66 bits per heavy atom. The minimum Gasteiger partial charge on any atom is -0.431 e. The molecule has 0 aromatic carbocycles. The van der Waals surface area contributed by atoms with Gasteiger partial charge in [-0.05, 0) is 24.1 Å². The Morgan fingerprint density at radius 1 is 1.28 bits per heavy atom. The molecule has 0 fully saturated rings. The Hall–Kier alpha value is -2.23. The molecule has 4 nitrogen and oxygen atoms in total. The lowest BCUT2D eigenvalue weighted by Gasteiger charge is -2.37. The number of halogens is 7. The molecule has 0 N–H and O–H groups in total. The number of ether oxygens (including phenoxy) is 1. The van der Waals surface area contributed by atoms with Gasteiger partial charge < -0.3 is 9.64 Å². The number of aromatic nitrogens is 1. The molecule has 3 heterocycles. The number of nitrogens with zero attached hydrogens (tertiary/aromatic N) is 3. The number of fused-ring (bicyclic) bond motifs is 3. The molecular formula is C18H14ClF6N3O. The van der Waals surface area contributed by atoms with Crippen LogP contribution in [0.25, 0.3) is 0 Å². The summed E-state index contributed by atoms with van der Waals surface area (Å²) in [7, 11) is 0. The first-order valence-corrected chi connectivity index (χ1v) is 8.97. The van der Waals surface area contributed by atoms with Crippen LogP contribution in [0, 0.1) is 0 Å². The summed E-state index contributed by atoms with van der Waals surface area (Å²) >= 11 is 5.92. The molecule has 1 spiro atoms. The van der Waals surface area contributed by atoms with E-state index in [0.29, 0.717) is 6.92 Å². The van der Waals surface area contributed by atoms with Crippen LogP contribution in [0.1, 0.15) is 30.9 Å². The van der Waals surface area contributed by atoms with Crippen molar-refractivity contribution in [2.75, 3.05) is 6.54 Å². The van der Waals surface area contributed by atoms with Gasteiger partial charge in [-0.3, -0.25) is 4.99 Å². The fourth-order valence-corrected chi connectivity index (χ4v) is 4.17. The molecule has 0 bridgehead atoms. The fraction of sp³-hybridized carbons (Fsp3) is 0.444. The minimum absolute atomic E-state index is 0.0882. The minimum atomic E-state index is -3.33. The second kappa shape index (κ2) is 6.38. The summed E-state index contributed by atoms with van der Waals surface area (Å²) in [5.74, 6) is -7.24. The molecule has 1 atom stereocenters. The highest BCUT2D eigenvalue weighted by Gasteiger charge is 2.54. The molecule has 1 aromatic heterocycles. The zero-order chi connectivity index (χ0) is 21.2. The number of hydrogen-bond acceptors (Lipinski definition) is 4. The van der Waals surface area contributed by atoms with E-state index >= 15 is 0 Å². The van der Waals surface area contributed by atoms with E-state index in [1.165, 1.54) is 17.2 Å². The molecule has 11 heteroatoms. The van der Waals surface area contributed by atoms with Crippen molar-refractivity contribution in [1.29, 1.82) is 0 Å². The third kappa shape index (κ3) is 3.27. The van der Waals surface area contributed by atoms with E-state index in [1.54, 1.807) is 0 Å². The van der Waals surface area contributed by atoms with Crippen molar-refractivity contribution in [1.82, 2.24) is 9.88 Å². The van der Waals surface area contributed by atoms with Crippen LogP contribution in [0.5, 0.6) is 0 Å². The summed E-state index contributed by atoms with van der Waals surface area (Å²) in [5, 5.41) is -0.382. The van der Waals surface area contributed by atoms with Gasteiger partial charge in [0.2, 0.25) is 0 Å². The molecule has 156 valence electrons. The van der Waals surface area contributed by atoms with Gasteiger partial charge in [0.15, 0.2) is 11.6 Å². The SMILES string of the molecule is CC(F)(F)C1=CN2C[C@@]3(CCC(F)(F)c4c3ccnc4Cl)N=C2C(OC(F)F)=C1. The molecule has 3 aliphatic rings. The molecule has 0 amide bonds. The summed E-state index contributed by atoms with van der Waals surface area (Å²) in [6.45, 7) is -2.76. The van der Waals surface area contributed by atoms with Crippen molar-refractivity contribution in [3.8, 4) is 0 Å². The average Bonchev–Trinajstić information content (AvgIpc) is 2.97. The van der Waals surface area contributed by atoms with E-state index in [2.05, 4.69) is 14.7 Å². The number of aliphatic imine (C=N–C) groups is 1. The molecule has 0 saturated carbocycles. The van der Waals surface area contributed by atoms with Gasteiger partial charge in [-0.25, -0.2) is 22.5 Å². The number of allylic oxidation sites excluding steroid dienone is 2. The normalized spacial score (nSPS) is 25.4. The second-order valence-corrected chi connectivity index (χ2v) is 7.54. The zero-order valence-electron chi connectivity index (χ0n) is 14.9. The van der Waals surface area contributed by atoms with Crippen LogP contribution >= 0.6 is 11.6 Å². The van der Waals surface area contributed by atoms with Crippen LogP contribution in [0.2, 0.25) is 5.15 Å². The molecule has 4 rings (SSSR count). The average molecular weight is 438 g/mol. The quantitative estimate of drug-likeness (QED) is 0.481. The predicted molar refractivity (Wildman–Crippen MR) is 92.1 cm³/mol. The molecule has 0 saturated heterocycles. The van der Waals surface area contributed by atoms with E-state index in [4.69, 9.17) is 11.6 Å². The van der Waals surface area contributed by atoms with Crippen LogP contribution < -0.4 is 0 Å². The summed E-state index contributed by atoms with van der Waals surface area (Å²) in [5.41, 5.74) is -2.23. The van der Waals surface area contributed by atoms with Gasteiger partial charge in [0.05, 0.1) is 12.1 Å². The van der Waals surface area contributed by atoms with Crippen molar-refractivity contribution >= 4 is 17.4 Å². The van der Waals surface area contributed by atoms with Crippen LogP contribution in [0.15, 0.2) is 40.9 Å². The number of pyridine rings is 1. The van der Waals surface area contributed by atoms with Gasteiger partial charge in [0.1, 0.15) is 10.7 Å². The zero-order valence-corrected chi connectivity index (χ0v) is 15.7. The molecule has 0 radical (unpaired) electrons. The van der Waals surface area contributed by atoms with E-state index in [1.807, 2.05) is 0 Å². The molecule has 1 aliphatic carbocycles. The first kappa shape index (κ1) is 20.1. The fourth-order valence-electron chi connectivity index (χ4n) is 3.87. The lowest BCUT2D eigenvalue weighted by atomic mass is 9.76. The van der Waals surface area contributed by atoms with E-state index in [0.717, 1.165) is 12.3 Å². The van der Waals surface area contributed by atoms with Crippen LogP contribution in [0.3, 0.4) is 0 Å². The Bertz CT molecular complexity index is 955. The Balaban J connectivity index is 1.85.